The monoisotopic (exact) mass is 551 g/mol. The molecule has 6 rings (SSSR count). The van der Waals surface area contributed by atoms with Crippen LogP contribution in [0.4, 0.5) is 17.7 Å². The van der Waals surface area contributed by atoms with Crippen molar-refractivity contribution in [1.29, 1.82) is 5.41 Å². The number of oxazole rings is 1. The number of nitrogens with zero attached hydrogens (tertiary/aromatic N) is 5. The summed E-state index contributed by atoms with van der Waals surface area (Å²) < 4.78 is 7.33. The maximum atomic E-state index is 14.0. The summed E-state index contributed by atoms with van der Waals surface area (Å²) >= 11 is 0. The molecule has 0 aliphatic carbocycles. The largest absolute Gasteiger partial charge is 0.424 e. The topological polar surface area (TPSA) is 165 Å². The molecule has 3 aromatic heterocycles. The Morgan fingerprint density at radius 2 is 1.95 bits per heavy atom. The molecule has 0 saturated carbocycles. The standard InChI is InChI=1S/C30H33N9O2/c1-3-38-11-9-20(10-12-38)39-21(13-18-6-4-5-17(2)24(18)29(39)40)15-34-28-25(27(32)35-16-36-28)26(31)19-7-8-23-22(14-19)37-30(33)41-23/h4-8,13-14,16,20,31H,3,9-12,15H2,1-2H3,(H2,33,37)(H3,32,34,35,36). The Balaban J connectivity index is 1.37. The number of benzene rings is 2. The molecule has 1 saturated heterocycles. The number of hydrogen-bond donors (Lipinski definition) is 4. The molecule has 1 aliphatic rings. The van der Waals surface area contributed by atoms with E-state index in [2.05, 4.69) is 38.2 Å². The van der Waals surface area contributed by atoms with E-state index in [1.165, 1.54) is 6.33 Å². The number of fused-ring (bicyclic) bond motifs is 2. The molecule has 41 heavy (non-hydrogen) atoms. The first-order valence-corrected chi connectivity index (χ1v) is 13.8. The summed E-state index contributed by atoms with van der Waals surface area (Å²) in [5, 5.41) is 14.0. The van der Waals surface area contributed by atoms with Gasteiger partial charge in [0, 0.05) is 30.4 Å². The van der Waals surface area contributed by atoms with E-state index >= 15 is 0 Å². The van der Waals surface area contributed by atoms with E-state index in [-0.39, 0.29) is 29.1 Å². The van der Waals surface area contributed by atoms with E-state index < -0.39 is 0 Å². The lowest BCUT2D eigenvalue weighted by molar-refractivity contribution is 0.191. The Morgan fingerprint density at radius 3 is 2.73 bits per heavy atom. The maximum absolute atomic E-state index is 14.0. The summed E-state index contributed by atoms with van der Waals surface area (Å²) in [6.45, 7) is 7.40. The third-order valence-corrected chi connectivity index (χ3v) is 8.00. The highest BCUT2D eigenvalue weighted by atomic mass is 16.4. The van der Waals surface area contributed by atoms with Crippen LogP contribution in [0.1, 0.15) is 48.2 Å². The predicted molar refractivity (Wildman–Crippen MR) is 161 cm³/mol. The number of pyridine rings is 1. The van der Waals surface area contributed by atoms with Crippen LogP contribution in [-0.2, 0) is 6.54 Å². The Hall–Kier alpha value is -4.77. The lowest BCUT2D eigenvalue weighted by atomic mass is 10.0. The fourth-order valence-corrected chi connectivity index (χ4v) is 5.83. The fourth-order valence-electron chi connectivity index (χ4n) is 5.83. The molecule has 0 unspecified atom stereocenters. The van der Waals surface area contributed by atoms with Gasteiger partial charge in [0.2, 0.25) is 0 Å². The van der Waals surface area contributed by atoms with Crippen LogP contribution in [0.15, 0.2) is 58.0 Å². The van der Waals surface area contributed by atoms with Gasteiger partial charge in [-0.3, -0.25) is 10.2 Å². The number of piperidine rings is 1. The van der Waals surface area contributed by atoms with Crippen molar-refractivity contribution in [3.05, 3.63) is 81.5 Å². The van der Waals surface area contributed by atoms with Gasteiger partial charge in [0.15, 0.2) is 5.58 Å². The van der Waals surface area contributed by atoms with Crippen molar-refractivity contribution in [2.75, 3.05) is 36.4 Å². The van der Waals surface area contributed by atoms with E-state index in [0.717, 1.165) is 54.5 Å². The second kappa shape index (κ2) is 10.7. The zero-order valence-electron chi connectivity index (χ0n) is 23.1. The summed E-state index contributed by atoms with van der Waals surface area (Å²) in [7, 11) is 0. The SMILES string of the molecule is CCN1CCC(n2c(CNc3ncnc(N)c3C(=N)c3ccc4oc(N)nc4c3)cc3cccc(C)c3c2=O)CC1. The van der Waals surface area contributed by atoms with Crippen molar-refractivity contribution in [2.45, 2.75) is 39.3 Å². The van der Waals surface area contributed by atoms with Crippen LogP contribution in [0.25, 0.3) is 21.9 Å². The van der Waals surface area contributed by atoms with Crippen LogP contribution in [0.5, 0.6) is 0 Å². The van der Waals surface area contributed by atoms with Gasteiger partial charge in [-0.25, -0.2) is 9.97 Å². The van der Waals surface area contributed by atoms with Crippen LogP contribution in [0.3, 0.4) is 0 Å². The number of nitrogen functional groups attached to an aromatic ring is 2. The van der Waals surface area contributed by atoms with Gasteiger partial charge in [0.05, 0.1) is 23.2 Å². The molecule has 0 bridgehead atoms. The molecular weight excluding hydrogens is 518 g/mol. The second-order valence-electron chi connectivity index (χ2n) is 10.5. The normalized spacial score (nSPS) is 14.6. The molecule has 2 aromatic carbocycles. The Kier molecular flexibility index (Phi) is 6.88. The molecule has 11 heteroatoms. The van der Waals surface area contributed by atoms with Crippen molar-refractivity contribution >= 4 is 45.2 Å². The average molecular weight is 552 g/mol. The first kappa shape index (κ1) is 26.5. The zero-order chi connectivity index (χ0) is 28.7. The van der Waals surface area contributed by atoms with Gasteiger partial charge in [-0.1, -0.05) is 25.1 Å². The van der Waals surface area contributed by atoms with Gasteiger partial charge >= 0.3 is 0 Å². The highest BCUT2D eigenvalue weighted by Crippen LogP contribution is 2.28. The number of aryl methyl sites for hydroxylation is 1. The average Bonchev–Trinajstić information content (AvgIpc) is 3.35. The van der Waals surface area contributed by atoms with Gasteiger partial charge < -0.3 is 30.7 Å². The highest BCUT2D eigenvalue weighted by Gasteiger charge is 2.24. The van der Waals surface area contributed by atoms with Crippen LogP contribution >= 0.6 is 0 Å². The van der Waals surface area contributed by atoms with Crippen LogP contribution in [0.2, 0.25) is 0 Å². The van der Waals surface area contributed by atoms with Crippen molar-refractivity contribution < 1.29 is 4.42 Å². The predicted octanol–water partition coefficient (Wildman–Crippen LogP) is 4.09. The molecule has 0 atom stereocenters. The van der Waals surface area contributed by atoms with Gasteiger partial charge in [-0.2, -0.15) is 4.98 Å². The fraction of sp³-hybridized carbons (Fsp3) is 0.300. The van der Waals surface area contributed by atoms with Gasteiger partial charge in [-0.15, -0.1) is 0 Å². The van der Waals surface area contributed by atoms with E-state index in [1.54, 1.807) is 18.2 Å². The van der Waals surface area contributed by atoms with E-state index in [9.17, 15) is 4.79 Å². The van der Waals surface area contributed by atoms with E-state index in [0.29, 0.717) is 34.6 Å². The molecular formula is C30H33N9O2. The number of rotatable bonds is 7. The number of hydrogen-bond acceptors (Lipinski definition) is 10. The second-order valence-corrected chi connectivity index (χ2v) is 10.5. The lowest BCUT2D eigenvalue weighted by Crippen LogP contribution is -2.38. The minimum Gasteiger partial charge on any atom is -0.424 e. The van der Waals surface area contributed by atoms with E-state index in [4.69, 9.17) is 21.3 Å². The van der Waals surface area contributed by atoms with E-state index in [1.807, 2.05) is 29.7 Å². The summed E-state index contributed by atoms with van der Waals surface area (Å²) in [6, 6.07) is 13.4. The van der Waals surface area contributed by atoms with Gasteiger partial charge in [-0.05, 0) is 61.5 Å². The third kappa shape index (κ3) is 4.89. The minimum absolute atomic E-state index is 0.0303. The zero-order valence-corrected chi connectivity index (χ0v) is 23.1. The number of nitrogens with two attached hydrogens (primary N) is 2. The van der Waals surface area contributed by atoms with Crippen LogP contribution < -0.4 is 22.3 Å². The first-order valence-electron chi connectivity index (χ1n) is 13.8. The van der Waals surface area contributed by atoms with Gasteiger partial charge in [0.25, 0.3) is 11.6 Å². The minimum atomic E-state index is 0.0303. The molecule has 210 valence electrons. The third-order valence-electron chi connectivity index (χ3n) is 8.00. The van der Waals surface area contributed by atoms with Gasteiger partial charge in [0.1, 0.15) is 23.5 Å². The molecule has 5 aromatic rings. The number of anilines is 3. The van der Waals surface area contributed by atoms with Crippen LogP contribution in [-0.4, -0.2) is 49.8 Å². The van der Waals surface area contributed by atoms with Crippen molar-refractivity contribution in [3.63, 3.8) is 0 Å². The summed E-state index contributed by atoms with van der Waals surface area (Å²) in [6.07, 6.45) is 3.18. The number of nitrogens with one attached hydrogen (secondary N) is 2. The Bertz CT molecular complexity index is 1830. The Labute approximate surface area is 236 Å². The summed E-state index contributed by atoms with van der Waals surface area (Å²) in [4.78, 5) is 29.2. The summed E-state index contributed by atoms with van der Waals surface area (Å²) in [5.41, 5.74) is 16.0. The molecule has 1 aliphatic heterocycles. The number of aromatic nitrogens is 4. The molecule has 6 N–H and O–H groups in total. The quantitative estimate of drug-likeness (QED) is 0.218. The molecule has 0 radical (unpaired) electrons. The Morgan fingerprint density at radius 1 is 1.15 bits per heavy atom. The molecule has 4 heterocycles. The smallest absolute Gasteiger partial charge is 0.292 e. The van der Waals surface area contributed by atoms with Crippen molar-refractivity contribution in [3.8, 4) is 0 Å². The lowest BCUT2D eigenvalue weighted by Gasteiger charge is -2.33. The summed E-state index contributed by atoms with van der Waals surface area (Å²) in [5.74, 6) is 0.581. The molecule has 0 spiro atoms. The number of likely N-dealkylation sites (tertiary alicyclic amines) is 1. The molecule has 0 amide bonds. The van der Waals surface area contributed by atoms with Crippen molar-refractivity contribution in [2.24, 2.45) is 0 Å². The molecule has 11 nitrogen and oxygen atoms in total. The molecule has 1 fully saturated rings. The highest BCUT2D eigenvalue weighted by molar-refractivity contribution is 6.17. The first-order chi connectivity index (χ1) is 19.8. The maximum Gasteiger partial charge on any atom is 0.292 e. The van der Waals surface area contributed by atoms with Crippen LogP contribution in [0, 0.1) is 12.3 Å². The van der Waals surface area contributed by atoms with Crippen molar-refractivity contribution in [1.82, 2.24) is 24.4 Å².